The number of fused-ring (bicyclic) bond motifs is 1. The van der Waals surface area contributed by atoms with E-state index < -0.39 is 21.6 Å². The average Bonchev–Trinajstić information content (AvgIpc) is 2.66. The third-order valence-electron chi connectivity index (χ3n) is 4.55. The first-order valence-electron chi connectivity index (χ1n) is 9.56. The fourth-order valence-electron chi connectivity index (χ4n) is 3.06. The van der Waals surface area contributed by atoms with Crippen LogP contribution in [0.15, 0.2) is 57.7 Å². The molecule has 0 aliphatic carbocycles. The molecule has 158 valence electrons. The second kappa shape index (κ2) is 8.81. The van der Waals surface area contributed by atoms with Crippen LogP contribution in [0.2, 0.25) is 0 Å². The van der Waals surface area contributed by atoms with Crippen LogP contribution < -0.4 is 15.7 Å². The van der Waals surface area contributed by atoms with Crippen LogP contribution in [0.5, 0.6) is 0 Å². The molecule has 0 fully saturated rings. The first-order valence-corrected chi connectivity index (χ1v) is 11.2. The van der Waals surface area contributed by atoms with Gasteiger partial charge in [0.1, 0.15) is 11.1 Å². The highest BCUT2D eigenvalue weighted by Crippen LogP contribution is 2.20. The van der Waals surface area contributed by atoms with Gasteiger partial charge < -0.3 is 9.73 Å². The zero-order chi connectivity index (χ0) is 21.9. The van der Waals surface area contributed by atoms with Gasteiger partial charge in [0, 0.05) is 17.6 Å². The summed E-state index contributed by atoms with van der Waals surface area (Å²) in [5, 5.41) is 3.35. The lowest BCUT2D eigenvalue weighted by molar-refractivity contribution is 0.102. The number of sulfonamides is 1. The average molecular weight is 429 g/mol. The topological polar surface area (TPSA) is 105 Å². The molecule has 0 saturated heterocycles. The molecule has 8 heteroatoms. The smallest absolute Gasteiger partial charge is 0.349 e. The van der Waals surface area contributed by atoms with E-state index in [0.29, 0.717) is 34.3 Å². The van der Waals surface area contributed by atoms with Crippen LogP contribution >= 0.6 is 0 Å². The molecule has 0 unspecified atom stereocenters. The number of carbonyl (C=O) groups is 1. The Hall–Kier alpha value is -2.97. The molecule has 0 bridgehead atoms. The Morgan fingerprint density at radius 1 is 1.10 bits per heavy atom. The van der Waals surface area contributed by atoms with Gasteiger partial charge in [0.25, 0.3) is 5.91 Å². The standard InChI is InChI=1S/C22H24N2O5S/c1-14(2)12-23-30(27,28)13-16-7-6-8-17(11-16)24-21(25)20-15(3)18-9-4-5-10-19(18)29-22(20)26/h4-11,14,23H,12-13H2,1-3H3,(H,24,25). The zero-order valence-corrected chi connectivity index (χ0v) is 17.9. The van der Waals surface area contributed by atoms with Crippen molar-refractivity contribution in [2.45, 2.75) is 26.5 Å². The minimum atomic E-state index is -3.49. The van der Waals surface area contributed by atoms with Gasteiger partial charge in [0.05, 0.1) is 5.75 Å². The van der Waals surface area contributed by atoms with E-state index in [9.17, 15) is 18.0 Å². The van der Waals surface area contributed by atoms with Crippen molar-refractivity contribution in [3.8, 4) is 0 Å². The van der Waals surface area contributed by atoms with Crippen molar-refractivity contribution in [3.05, 3.63) is 75.6 Å². The molecule has 0 spiro atoms. The second-order valence-electron chi connectivity index (χ2n) is 7.54. The van der Waals surface area contributed by atoms with Gasteiger partial charge in [-0.25, -0.2) is 17.9 Å². The number of para-hydroxylation sites is 1. The molecule has 30 heavy (non-hydrogen) atoms. The molecule has 0 atom stereocenters. The molecular formula is C22H24N2O5S. The molecule has 7 nitrogen and oxygen atoms in total. The summed E-state index contributed by atoms with van der Waals surface area (Å²) in [6.07, 6.45) is 0. The molecule has 1 aromatic heterocycles. The summed E-state index contributed by atoms with van der Waals surface area (Å²) < 4.78 is 32.3. The third-order valence-corrected chi connectivity index (χ3v) is 5.87. The predicted molar refractivity (Wildman–Crippen MR) is 117 cm³/mol. The summed E-state index contributed by atoms with van der Waals surface area (Å²) in [4.78, 5) is 25.1. The Bertz CT molecular complexity index is 1250. The van der Waals surface area contributed by atoms with Gasteiger partial charge >= 0.3 is 5.63 Å². The number of anilines is 1. The number of benzene rings is 2. The fourth-order valence-corrected chi connectivity index (χ4v) is 4.37. The minimum absolute atomic E-state index is 0.0784. The molecule has 2 aromatic carbocycles. The fraction of sp³-hybridized carbons (Fsp3) is 0.273. The van der Waals surface area contributed by atoms with Crippen LogP contribution in [0.1, 0.15) is 35.3 Å². The van der Waals surface area contributed by atoms with Crippen LogP contribution in [0, 0.1) is 12.8 Å². The molecule has 1 heterocycles. The van der Waals surface area contributed by atoms with Gasteiger partial charge in [-0.15, -0.1) is 0 Å². The molecule has 1 amide bonds. The van der Waals surface area contributed by atoms with Gasteiger partial charge in [-0.05, 0) is 42.2 Å². The SMILES string of the molecule is Cc1c(C(=O)Nc2cccc(CS(=O)(=O)NCC(C)C)c2)c(=O)oc2ccccc12. The molecule has 0 aliphatic heterocycles. The lowest BCUT2D eigenvalue weighted by atomic mass is 10.1. The zero-order valence-electron chi connectivity index (χ0n) is 17.1. The van der Waals surface area contributed by atoms with Crippen LogP contribution in [-0.4, -0.2) is 20.9 Å². The van der Waals surface area contributed by atoms with Crippen LogP contribution in [-0.2, 0) is 15.8 Å². The third kappa shape index (κ3) is 5.14. The van der Waals surface area contributed by atoms with Crippen molar-refractivity contribution < 1.29 is 17.6 Å². The van der Waals surface area contributed by atoms with Crippen molar-refractivity contribution in [3.63, 3.8) is 0 Å². The second-order valence-corrected chi connectivity index (χ2v) is 9.35. The number of amides is 1. The predicted octanol–water partition coefficient (Wildman–Crippen LogP) is 3.43. The summed E-state index contributed by atoms with van der Waals surface area (Å²) in [5.74, 6) is -0.618. The molecular weight excluding hydrogens is 404 g/mol. The normalized spacial score (nSPS) is 11.7. The number of hydrogen-bond acceptors (Lipinski definition) is 5. The molecule has 3 rings (SSSR count). The largest absolute Gasteiger partial charge is 0.422 e. The van der Waals surface area contributed by atoms with E-state index in [1.54, 1.807) is 55.5 Å². The summed E-state index contributed by atoms with van der Waals surface area (Å²) in [7, 11) is -3.49. The maximum Gasteiger partial charge on any atom is 0.349 e. The van der Waals surface area contributed by atoms with Crippen molar-refractivity contribution in [1.82, 2.24) is 4.72 Å². The van der Waals surface area contributed by atoms with Crippen LogP contribution in [0.25, 0.3) is 11.0 Å². The maximum absolute atomic E-state index is 12.8. The Labute approximate surface area is 175 Å². The lowest BCUT2D eigenvalue weighted by Gasteiger charge is -2.11. The van der Waals surface area contributed by atoms with E-state index in [2.05, 4.69) is 10.0 Å². The molecule has 3 aromatic rings. The van der Waals surface area contributed by atoms with Crippen LogP contribution in [0.3, 0.4) is 0 Å². The summed E-state index contributed by atoms with van der Waals surface area (Å²) in [5.41, 5.74) is 1.05. The van der Waals surface area contributed by atoms with E-state index in [0.717, 1.165) is 0 Å². The monoisotopic (exact) mass is 428 g/mol. The van der Waals surface area contributed by atoms with Crippen molar-refractivity contribution in [2.24, 2.45) is 5.92 Å². The lowest BCUT2D eigenvalue weighted by Crippen LogP contribution is -2.28. The summed E-state index contributed by atoms with van der Waals surface area (Å²) in [6, 6.07) is 13.5. The Morgan fingerprint density at radius 3 is 2.57 bits per heavy atom. The first-order chi connectivity index (χ1) is 14.2. The Balaban J connectivity index is 1.82. The van der Waals surface area contributed by atoms with Gasteiger partial charge in [-0.3, -0.25) is 4.79 Å². The van der Waals surface area contributed by atoms with E-state index in [1.165, 1.54) is 0 Å². The van der Waals surface area contributed by atoms with Crippen LogP contribution in [0.4, 0.5) is 5.69 Å². The number of aryl methyl sites for hydroxylation is 1. The number of hydrogen-bond donors (Lipinski definition) is 2. The highest BCUT2D eigenvalue weighted by Gasteiger charge is 2.19. The van der Waals surface area contributed by atoms with Gasteiger partial charge in [0.2, 0.25) is 10.0 Å². The molecule has 0 saturated carbocycles. The maximum atomic E-state index is 12.8. The van der Waals surface area contributed by atoms with E-state index in [1.807, 2.05) is 13.8 Å². The van der Waals surface area contributed by atoms with Gasteiger partial charge in [-0.2, -0.15) is 0 Å². The summed E-state index contributed by atoms with van der Waals surface area (Å²) in [6.45, 7) is 5.89. The van der Waals surface area contributed by atoms with E-state index in [4.69, 9.17) is 4.42 Å². The number of rotatable bonds is 7. The van der Waals surface area contributed by atoms with Crippen molar-refractivity contribution in [2.75, 3.05) is 11.9 Å². The first kappa shape index (κ1) is 21.7. The van der Waals surface area contributed by atoms with Gasteiger partial charge in [-0.1, -0.05) is 44.2 Å². The molecule has 2 N–H and O–H groups in total. The highest BCUT2D eigenvalue weighted by atomic mass is 32.2. The van der Waals surface area contributed by atoms with Crippen molar-refractivity contribution in [1.29, 1.82) is 0 Å². The minimum Gasteiger partial charge on any atom is -0.422 e. The number of carbonyl (C=O) groups excluding carboxylic acids is 1. The highest BCUT2D eigenvalue weighted by molar-refractivity contribution is 7.88. The quantitative estimate of drug-likeness (QED) is 0.561. The van der Waals surface area contributed by atoms with E-state index >= 15 is 0 Å². The van der Waals surface area contributed by atoms with Gasteiger partial charge in [0.15, 0.2) is 0 Å². The van der Waals surface area contributed by atoms with Crippen molar-refractivity contribution >= 4 is 32.6 Å². The Morgan fingerprint density at radius 2 is 1.83 bits per heavy atom. The molecule has 0 radical (unpaired) electrons. The van der Waals surface area contributed by atoms with E-state index in [-0.39, 0.29) is 17.2 Å². The Kier molecular flexibility index (Phi) is 6.38. The number of nitrogens with one attached hydrogen (secondary N) is 2. The molecule has 0 aliphatic rings. The summed E-state index contributed by atoms with van der Waals surface area (Å²) >= 11 is 0.